The molecule has 0 spiro atoms. The van der Waals surface area contributed by atoms with Gasteiger partial charge in [-0.15, -0.1) is 0 Å². The van der Waals surface area contributed by atoms with E-state index in [0.717, 1.165) is 0 Å². The zero-order chi connectivity index (χ0) is 19.7. The number of carbonyl (C=O) groups is 1. The molecule has 2 aliphatic rings. The van der Waals surface area contributed by atoms with E-state index in [9.17, 15) is 13.2 Å². The van der Waals surface area contributed by atoms with Crippen LogP contribution < -0.4 is 9.47 Å². The fourth-order valence-corrected chi connectivity index (χ4v) is 4.84. The summed E-state index contributed by atoms with van der Waals surface area (Å²) in [6, 6.07) is 7.22. The Balaban J connectivity index is 1.42. The molecule has 28 heavy (non-hydrogen) atoms. The fourth-order valence-electron chi connectivity index (χ4n) is 3.38. The predicted octanol–water partition coefficient (Wildman–Crippen LogP) is 0.483. The van der Waals surface area contributed by atoms with E-state index in [1.807, 2.05) is 12.1 Å². The number of hydrogen-bond acceptors (Lipinski definition) is 6. The smallest absolute Gasteiger partial charge is 0.267 e. The van der Waals surface area contributed by atoms with Crippen molar-refractivity contribution in [2.24, 2.45) is 7.05 Å². The van der Waals surface area contributed by atoms with Gasteiger partial charge in [0.1, 0.15) is 11.5 Å². The van der Waals surface area contributed by atoms with Crippen molar-refractivity contribution in [2.75, 3.05) is 32.8 Å². The average Bonchev–Trinajstić information content (AvgIpc) is 2.99. The molecule has 150 valence electrons. The summed E-state index contributed by atoms with van der Waals surface area (Å²) in [4.78, 5) is 14.7. The minimum absolute atomic E-state index is 0.143. The van der Waals surface area contributed by atoms with Crippen LogP contribution in [0.2, 0.25) is 0 Å². The molecule has 1 aromatic heterocycles. The summed E-state index contributed by atoms with van der Waals surface area (Å²) in [6.07, 6.45) is 2.65. The number of aromatic nitrogens is 2. The number of nitrogens with zero attached hydrogens (tertiary/aromatic N) is 4. The molecule has 10 heteroatoms. The Morgan fingerprint density at radius 3 is 2.68 bits per heavy atom. The number of para-hydroxylation sites is 2. The molecule has 1 fully saturated rings. The van der Waals surface area contributed by atoms with Crippen molar-refractivity contribution in [3.63, 3.8) is 0 Å². The van der Waals surface area contributed by atoms with E-state index < -0.39 is 16.1 Å². The molecule has 2 aromatic rings. The molecule has 3 heterocycles. The van der Waals surface area contributed by atoms with Crippen molar-refractivity contribution in [3.05, 3.63) is 36.7 Å². The van der Waals surface area contributed by atoms with Gasteiger partial charge in [-0.05, 0) is 18.6 Å². The quantitative estimate of drug-likeness (QED) is 0.736. The highest BCUT2D eigenvalue weighted by Crippen LogP contribution is 2.31. The van der Waals surface area contributed by atoms with Crippen LogP contribution in [0.5, 0.6) is 11.5 Å². The Hall–Kier alpha value is -2.59. The Labute approximate surface area is 163 Å². The third-order valence-electron chi connectivity index (χ3n) is 4.87. The number of ether oxygens (including phenoxy) is 2. The van der Waals surface area contributed by atoms with Gasteiger partial charge in [0.2, 0.25) is 16.1 Å². The highest BCUT2D eigenvalue weighted by atomic mass is 32.2. The predicted molar refractivity (Wildman–Crippen MR) is 99.5 cm³/mol. The van der Waals surface area contributed by atoms with Crippen LogP contribution in [0.4, 0.5) is 0 Å². The third-order valence-corrected chi connectivity index (χ3v) is 6.72. The van der Waals surface area contributed by atoms with E-state index in [2.05, 4.69) is 5.10 Å². The maximum absolute atomic E-state index is 12.9. The molecule has 0 bridgehead atoms. The largest absolute Gasteiger partial charge is 0.485 e. The van der Waals surface area contributed by atoms with Crippen molar-refractivity contribution in [1.29, 1.82) is 0 Å². The van der Waals surface area contributed by atoms with E-state index in [4.69, 9.17) is 9.47 Å². The molecule has 1 atom stereocenters. The van der Waals surface area contributed by atoms with Crippen molar-refractivity contribution in [1.82, 2.24) is 19.0 Å². The molecule has 0 N–H and O–H groups in total. The van der Waals surface area contributed by atoms with E-state index in [1.54, 1.807) is 24.1 Å². The zero-order valence-corrected chi connectivity index (χ0v) is 16.3. The normalized spacial score (nSPS) is 20.6. The van der Waals surface area contributed by atoms with Gasteiger partial charge in [-0.25, -0.2) is 8.42 Å². The van der Waals surface area contributed by atoms with Crippen LogP contribution in [-0.2, 0) is 21.9 Å². The highest BCUT2D eigenvalue weighted by Gasteiger charge is 2.34. The van der Waals surface area contributed by atoms with Crippen LogP contribution >= 0.6 is 0 Å². The Bertz CT molecular complexity index is 974. The molecule has 0 unspecified atom stereocenters. The summed E-state index contributed by atoms with van der Waals surface area (Å²) in [7, 11) is -1.95. The van der Waals surface area contributed by atoms with Gasteiger partial charge in [0.25, 0.3) is 5.91 Å². The van der Waals surface area contributed by atoms with Gasteiger partial charge in [-0.1, -0.05) is 12.1 Å². The number of hydrogen-bond donors (Lipinski definition) is 0. The molecule has 2 aliphatic heterocycles. The van der Waals surface area contributed by atoms with Crippen LogP contribution in [0.15, 0.2) is 41.6 Å². The number of rotatable bonds is 3. The minimum atomic E-state index is -3.62. The minimum Gasteiger partial charge on any atom is -0.485 e. The number of amides is 1. The van der Waals surface area contributed by atoms with E-state index in [0.29, 0.717) is 37.6 Å². The Morgan fingerprint density at radius 1 is 1.14 bits per heavy atom. The topological polar surface area (TPSA) is 94.0 Å². The lowest BCUT2D eigenvalue weighted by molar-refractivity contribution is -0.141. The lowest BCUT2D eigenvalue weighted by atomic mass is 10.2. The first-order chi connectivity index (χ1) is 13.4. The first kappa shape index (κ1) is 18.8. The van der Waals surface area contributed by atoms with Gasteiger partial charge in [-0.2, -0.15) is 9.40 Å². The molecule has 1 saturated heterocycles. The maximum Gasteiger partial charge on any atom is 0.267 e. The van der Waals surface area contributed by atoms with Crippen molar-refractivity contribution in [2.45, 2.75) is 17.4 Å². The third kappa shape index (κ3) is 3.57. The first-order valence-corrected chi connectivity index (χ1v) is 10.6. The van der Waals surface area contributed by atoms with Gasteiger partial charge in [0.05, 0.1) is 6.20 Å². The molecular weight excluding hydrogens is 384 g/mol. The van der Waals surface area contributed by atoms with Crippen LogP contribution in [0, 0.1) is 0 Å². The summed E-state index contributed by atoms with van der Waals surface area (Å²) >= 11 is 0. The number of benzene rings is 1. The number of fused-ring (bicyclic) bond motifs is 1. The molecule has 0 radical (unpaired) electrons. The highest BCUT2D eigenvalue weighted by molar-refractivity contribution is 7.89. The monoisotopic (exact) mass is 406 g/mol. The Morgan fingerprint density at radius 2 is 1.93 bits per heavy atom. The van der Waals surface area contributed by atoms with Crippen LogP contribution in [0.25, 0.3) is 0 Å². The molecule has 1 aromatic carbocycles. The van der Waals surface area contributed by atoms with Crippen LogP contribution in [0.1, 0.15) is 6.42 Å². The zero-order valence-electron chi connectivity index (χ0n) is 15.5. The second kappa shape index (κ2) is 7.44. The van der Waals surface area contributed by atoms with Crippen molar-refractivity contribution in [3.8, 4) is 11.5 Å². The second-order valence-electron chi connectivity index (χ2n) is 6.80. The Kier molecular flexibility index (Phi) is 4.98. The second-order valence-corrected chi connectivity index (χ2v) is 8.73. The summed E-state index contributed by atoms with van der Waals surface area (Å²) in [5.41, 5.74) is 0. The van der Waals surface area contributed by atoms with Gasteiger partial charge in [0.15, 0.2) is 11.5 Å². The number of aryl methyl sites for hydroxylation is 1. The standard InChI is InChI=1S/C18H22N4O5S/c1-20-12-14(11-19-20)28(24,25)22-8-4-7-21(9-10-22)18(23)17-13-26-15-5-2-3-6-16(15)27-17/h2-3,5-6,11-12,17H,4,7-10,13H2,1H3/t17-/m1/s1. The van der Waals surface area contributed by atoms with Gasteiger partial charge in [0, 0.05) is 39.4 Å². The van der Waals surface area contributed by atoms with E-state index in [-0.39, 0.29) is 24.0 Å². The van der Waals surface area contributed by atoms with Crippen LogP contribution in [-0.4, -0.2) is 72.2 Å². The summed E-state index contributed by atoms with van der Waals surface area (Å²) in [5.74, 6) is 0.981. The van der Waals surface area contributed by atoms with Crippen LogP contribution in [0.3, 0.4) is 0 Å². The molecule has 0 aliphatic carbocycles. The van der Waals surface area contributed by atoms with E-state index in [1.165, 1.54) is 21.4 Å². The summed E-state index contributed by atoms with van der Waals surface area (Å²) < 4.78 is 39.9. The SMILES string of the molecule is Cn1cc(S(=O)(=O)N2CCCN(C(=O)[C@H]3COc4ccccc4O3)CC2)cn1. The first-order valence-electron chi connectivity index (χ1n) is 9.11. The van der Waals surface area contributed by atoms with Gasteiger partial charge >= 0.3 is 0 Å². The van der Waals surface area contributed by atoms with Gasteiger partial charge in [-0.3, -0.25) is 9.48 Å². The van der Waals surface area contributed by atoms with Crippen molar-refractivity contribution >= 4 is 15.9 Å². The molecule has 1 amide bonds. The maximum atomic E-state index is 12.9. The molecule has 4 rings (SSSR count). The lowest BCUT2D eigenvalue weighted by Crippen LogP contribution is -2.47. The molecule has 9 nitrogen and oxygen atoms in total. The van der Waals surface area contributed by atoms with Gasteiger partial charge < -0.3 is 14.4 Å². The number of carbonyl (C=O) groups excluding carboxylic acids is 1. The number of sulfonamides is 1. The summed E-state index contributed by atoms with van der Waals surface area (Å²) in [5, 5.41) is 3.94. The van der Waals surface area contributed by atoms with Crippen molar-refractivity contribution < 1.29 is 22.7 Å². The van der Waals surface area contributed by atoms with E-state index >= 15 is 0 Å². The fraction of sp³-hybridized carbons (Fsp3) is 0.444. The summed E-state index contributed by atoms with van der Waals surface area (Å²) in [6.45, 7) is 1.50. The lowest BCUT2D eigenvalue weighted by Gasteiger charge is -2.30. The average molecular weight is 406 g/mol. The molecular formula is C18H22N4O5S. The molecule has 0 saturated carbocycles.